The molecule has 1 heterocycles. The lowest BCUT2D eigenvalue weighted by molar-refractivity contribution is 0.669. The summed E-state index contributed by atoms with van der Waals surface area (Å²) in [5.74, 6) is 0. The Hall–Kier alpha value is -5.60. The number of fused-ring (bicyclic) bond motifs is 10. The van der Waals surface area contributed by atoms with Gasteiger partial charge in [0.25, 0.3) is 0 Å². The van der Waals surface area contributed by atoms with Crippen LogP contribution in [0.4, 0.5) is 17.1 Å². The van der Waals surface area contributed by atoms with Crippen molar-refractivity contribution in [1.29, 1.82) is 0 Å². The molecular formula is C40H25NO. The Morgan fingerprint density at radius 3 is 1.90 bits per heavy atom. The molecule has 0 radical (unpaired) electrons. The summed E-state index contributed by atoms with van der Waals surface area (Å²) < 4.78 is 6.19. The van der Waals surface area contributed by atoms with E-state index in [0.717, 1.165) is 33.6 Å². The van der Waals surface area contributed by atoms with Crippen molar-refractivity contribution < 1.29 is 4.42 Å². The molecule has 0 spiro atoms. The van der Waals surface area contributed by atoms with E-state index in [0.29, 0.717) is 0 Å². The van der Waals surface area contributed by atoms with Crippen LogP contribution >= 0.6 is 0 Å². The van der Waals surface area contributed by atoms with Crippen LogP contribution in [0.15, 0.2) is 156 Å². The molecule has 9 rings (SSSR count). The number of furan rings is 1. The maximum atomic E-state index is 6.19. The van der Waals surface area contributed by atoms with Crippen LogP contribution < -0.4 is 4.90 Å². The summed E-state index contributed by atoms with van der Waals surface area (Å²) in [4.78, 5) is 2.40. The fourth-order valence-corrected chi connectivity index (χ4v) is 6.73. The topological polar surface area (TPSA) is 16.4 Å². The van der Waals surface area contributed by atoms with Crippen molar-refractivity contribution in [2.24, 2.45) is 0 Å². The molecule has 0 aliphatic carbocycles. The summed E-state index contributed by atoms with van der Waals surface area (Å²) >= 11 is 0. The average Bonchev–Trinajstić information content (AvgIpc) is 3.44. The van der Waals surface area contributed by atoms with Gasteiger partial charge >= 0.3 is 0 Å². The quantitative estimate of drug-likeness (QED) is 0.209. The molecule has 0 unspecified atom stereocenters. The first-order valence-corrected chi connectivity index (χ1v) is 14.4. The number of para-hydroxylation sites is 2. The van der Waals surface area contributed by atoms with Crippen LogP contribution in [-0.2, 0) is 0 Å². The third kappa shape index (κ3) is 3.39. The lowest BCUT2D eigenvalue weighted by Crippen LogP contribution is -2.10. The zero-order chi connectivity index (χ0) is 27.6. The Balaban J connectivity index is 1.34. The highest BCUT2D eigenvalue weighted by Crippen LogP contribution is 2.44. The first-order chi connectivity index (χ1) is 20.8. The summed E-state index contributed by atoms with van der Waals surface area (Å²) in [6, 6.07) is 54.4. The summed E-state index contributed by atoms with van der Waals surface area (Å²) in [6.45, 7) is 0. The molecule has 8 aromatic carbocycles. The van der Waals surface area contributed by atoms with E-state index in [-0.39, 0.29) is 0 Å². The number of nitrogens with zero attached hydrogens (tertiary/aromatic N) is 1. The normalized spacial score (nSPS) is 11.8. The van der Waals surface area contributed by atoms with Crippen LogP contribution in [0, 0.1) is 0 Å². The third-order valence-electron chi connectivity index (χ3n) is 8.58. The van der Waals surface area contributed by atoms with Crippen LogP contribution in [-0.4, -0.2) is 0 Å². The third-order valence-corrected chi connectivity index (χ3v) is 8.58. The molecular weight excluding hydrogens is 510 g/mol. The molecule has 2 heteroatoms. The first kappa shape index (κ1) is 23.1. The second kappa shape index (κ2) is 8.95. The molecule has 0 amide bonds. The number of rotatable bonds is 3. The van der Waals surface area contributed by atoms with Gasteiger partial charge in [0.1, 0.15) is 11.2 Å². The summed E-state index contributed by atoms with van der Waals surface area (Å²) in [7, 11) is 0. The lowest BCUT2D eigenvalue weighted by atomic mass is 9.94. The van der Waals surface area contributed by atoms with E-state index in [1.54, 1.807) is 0 Å². The zero-order valence-corrected chi connectivity index (χ0v) is 22.8. The number of benzene rings is 8. The maximum Gasteiger partial charge on any atom is 0.136 e. The van der Waals surface area contributed by atoms with E-state index in [4.69, 9.17) is 4.42 Å². The van der Waals surface area contributed by atoms with E-state index < -0.39 is 0 Å². The Bertz CT molecular complexity index is 2470. The molecule has 42 heavy (non-hydrogen) atoms. The van der Waals surface area contributed by atoms with E-state index in [9.17, 15) is 0 Å². The van der Waals surface area contributed by atoms with Crippen LogP contribution in [0.1, 0.15) is 0 Å². The van der Waals surface area contributed by atoms with E-state index in [1.807, 2.05) is 12.1 Å². The van der Waals surface area contributed by atoms with Crippen molar-refractivity contribution >= 4 is 82.1 Å². The van der Waals surface area contributed by atoms with E-state index in [2.05, 4.69) is 144 Å². The van der Waals surface area contributed by atoms with Crippen LogP contribution in [0.2, 0.25) is 0 Å². The van der Waals surface area contributed by atoms with Gasteiger partial charge in [-0.05, 0) is 80.2 Å². The van der Waals surface area contributed by atoms with Crippen LogP contribution in [0.3, 0.4) is 0 Å². The molecule has 0 fully saturated rings. The molecule has 0 saturated carbocycles. The van der Waals surface area contributed by atoms with E-state index >= 15 is 0 Å². The highest BCUT2D eigenvalue weighted by molar-refractivity contribution is 6.24. The maximum absolute atomic E-state index is 6.19. The van der Waals surface area contributed by atoms with Crippen molar-refractivity contribution in [3.63, 3.8) is 0 Å². The summed E-state index contributed by atoms with van der Waals surface area (Å²) in [6.07, 6.45) is 0. The Kier molecular flexibility index (Phi) is 4.93. The summed E-state index contributed by atoms with van der Waals surface area (Å²) in [5.41, 5.74) is 5.24. The van der Waals surface area contributed by atoms with Crippen molar-refractivity contribution in [3.05, 3.63) is 152 Å². The molecule has 0 saturated heterocycles. The van der Waals surface area contributed by atoms with Crippen molar-refractivity contribution in [3.8, 4) is 0 Å². The van der Waals surface area contributed by atoms with Gasteiger partial charge in [-0.2, -0.15) is 0 Å². The van der Waals surface area contributed by atoms with Gasteiger partial charge < -0.3 is 9.32 Å². The molecule has 9 aromatic rings. The standard InChI is InChI=1S/C40H25NO/c1-2-11-29(12-3-1)41(30-21-22-32-27(24-30)20-23-38-40(32)35-16-8-9-17-37(35)42-38)36-25-28-19-18-26-10-4-5-13-31(26)39(28)34-15-7-6-14-33(34)36/h1-25H. The van der Waals surface area contributed by atoms with Crippen LogP contribution in [0.5, 0.6) is 0 Å². The molecule has 0 aliphatic heterocycles. The van der Waals surface area contributed by atoms with Crippen molar-refractivity contribution in [2.75, 3.05) is 4.90 Å². The van der Waals surface area contributed by atoms with Gasteiger partial charge in [0.2, 0.25) is 0 Å². The van der Waals surface area contributed by atoms with Gasteiger partial charge in [0.05, 0.1) is 5.69 Å². The molecule has 196 valence electrons. The van der Waals surface area contributed by atoms with Gasteiger partial charge in [0, 0.05) is 27.5 Å². The minimum atomic E-state index is 0.920. The number of hydrogen-bond acceptors (Lipinski definition) is 2. The average molecular weight is 536 g/mol. The van der Waals surface area contributed by atoms with Gasteiger partial charge in [-0.1, -0.05) is 109 Å². The lowest BCUT2D eigenvalue weighted by Gasteiger charge is -2.28. The molecule has 1 aromatic heterocycles. The van der Waals surface area contributed by atoms with Crippen LogP contribution in [0.25, 0.3) is 65.0 Å². The molecule has 2 nitrogen and oxygen atoms in total. The van der Waals surface area contributed by atoms with Gasteiger partial charge in [0.15, 0.2) is 0 Å². The predicted molar refractivity (Wildman–Crippen MR) is 178 cm³/mol. The first-order valence-electron chi connectivity index (χ1n) is 14.4. The van der Waals surface area contributed by atoms with Crippen molar-refractivity contribution in [2.45, 2.75) is 0 Å². The Morgan fingerprint density at radius 2 is 1.02 bits per heavy atom. The summed E-state index contributed by atoms with van der Waals surface area (Å²) in [5, 5.41) is 12.3. The highest BCUT2D eigenvalue weighted by atomic mass is 16.3. The smallest absolute Gasteiger partial charge is 0.136 e. The number of hydrogen-bond donors (Lipinski definition) is 0. The molecule has 0 bridgehead atoms. The fraction of sp³-hybridized carbons (Fsp3) is 0. The Morgan fingerprint density at radius 1 is 0.357 bits per heavy atom. The minimum absolute atomic E-state index is 0.920. The molecule has 0 aliphatic rings. The van der Waals surface area contributed by atoms with Gasteiger partial charge in [-0.15, -0.1) is 0 Å². The predicted octanol–water partition coefficient (Wildman–Crippen LogP) is 11.7. The van der Waals surface area contributed by atoms with Crippen molar-refractivity contribution in [1.82, 2.24) is 0 Å². The minimum Gasteiger partial charge on any atom is -0.456 e. The van der Waals surface area contributed by atoms with E-state index in [1.165, 1.54) is 48.5 Å². The Labute approximate surface area is 242 Å². The second-order valence-corrected chi connectivity index (χ2v) is 10.9. The second-order valence-electron chi connectivity index (χ2n) is 10.9. The molecule has 0 N–H and O–H groups in total. The highest BCUT2D eigenvalue weighted by Gasteiger charge is 2.19. The van der Waals surface area contributed by atoms with Gasteiger partial charge in [-0.25, -0.2) is 0 Å². The molecule has 0 atom stereocenters. The monoisotopic (exact) mass is 535 g/mol. The fourth-order valence-electron chi connectivity index (χ4n) is 6.73. The SMILES string of the molecule is c1ccc(N(c2ccc3c(ccc4oc5ccccc5c43)c2)c2cc3ccc4ccccc4c3c3ccccc23)cc1. The van der Waals surface area contributed by atoms with Gasteiger partial charge in [-0.3, -0.25) is 0 Å². The largest absolute Gasteiger partial charge is 0.456 e. The zero-order valence-electron chi connectivity index (χ0n) is 22.8. The number of anilines is 3.